The molecule has 3 rings (SSSR count). The molecule has 0 aliphatic heterocycles. The van der Waals surface area contributed by atoms with Crippen LogP contribution in [-0.2, 0) is 14.8 Å². The van der Waals surface area contributed by atoms with Crippen molar-refractivity contribution in [2.24, 2.45) is 11.8 Å². The lowest BCUT2D eigenvalue weighted by atomic mass is 10.0. The lowest BCUT2D eigenvalue weighted by Crippen LogP contribution is -2.30. The molecule has 6 heteroatoms. The van der Waals surface area contributed by atoms with Crippen molar-refractivity contribution in [1.82, 2.24) is 4.72 Å². The van der Waals surface area contributed by atoms with Crippen molar-refractivity contribution in [1.29, 1.82) is 0 Å². The zero-order valence-electron chi connectivity index (χ0n) is 14.2. The van der Waals surface area contributed by atoms with Crippen molar-refractivity contribution >= 4 is 16.0 Å². The summed E-state index contributed by atoms with van der Waals surface area (Å²) >= 11 is 0. The van der Waals surface area contributed by atoms with E-state index in [2.05, 4.69) is 16.4 Å². The first-order valence-corrected chi connectivity index (χ1v) is 9.66. The van der Waals surface area contributed by atoms with Gasteiger partial charge < -0.3 is 4.74 Å². The van der Waals surface area contributed by atoms with Crippen LogP contribution >= 0.6 is 0 Å². The number of rotatable bonds is 6. The third-order valence-corrected chi connectivity index (χ3v) is 6.04. The Morgan fingerprint density at radius 1 is 1.16 bits per heavy atom. The van der Waals surface area contributed by atoms with E-state index in [4.69, 9.17) is 0 Å². The number of ether oxygens (including phenoxy) is 1. The fourth-order valence-corrected chi connectivity index (χ4v) is 4.34. The molecule has 0 saturated heterocycles. The zero-order valence-corrected chi connectivity index (χ0v) is 15.0. The van der Waals surface area contributed by atoms with Gasteiger partial charge in [-0.1, -0.05) is 43.3 Å². The quantitative estimate of drug-likeness (QED) is 0.804. The van der Waals surface area contributed by atoms with Gasteiger partial charge in [-0.3, -0.25) is 0 Å². The Kier molecular flexibility index (Phi) is 4.92. The number of esters is 1. The molecule has 2 aromatic carbocycles. The number of sulfonamides is 1. The Bertz CT molecular complexity index is 864. The molecule has 3 unspecified atom stereocenters. The topological polar surface area (TPSA) is 72.5 Å². The Labute approximate surface area is 148 Å². The van der Waals surface area contributed by atoms with Crippen LogP contribution in [0.5, 0.6) is 0 Å². The van der Waals surface area contributed by atoms with Crippen LogP contribution in [0.1, 0.15) is 35.3 Å². The predicted octanol–water partition coefficient (Wildman–Crippen LogP) is 3.15. The molecule has 1 N–H and O–H groups in total. The van der Waals surface area contributed by atoms with E-state index in [-0.39, 0.29) is 22.4 Å². The van der Waals surface area contributed by atoms with Gasteiger partial charge in [0.05, 0.1) is 23.6 Å². The first-order chi connectivity index (χ1) is 11.9. The molecule has 25 heavy (non-hydrogen) atoms. The molecule has 5 nitrogen and oxygen atoms in total. The second-order valence-electron chi connectivity index (χ2n) is 6.41. The van der Waals surface area contributed by atoms with Gasteiger partial charge in [0.1, 0.15) is 0 Å². The standard InChI is InChI=1S/C19H21NO4S/c1-13-11-17(13)18(14-7-4-3-5-8-14)20-25(22,23)16-10-6-9-15(12-16)19(21)24-2/h3-10,12-13,17-18,20H,11H2,1-2H3. The monoisotopic (exact) mass is 359 g/mol. The van der Waals surface area contributed by atoms with E-state index < -0.39 is 16.0 Å². The number of methoxy groups -OCH3 is 1. The van der Waals surface area contributed by atoms with Crippen LogP contribution in [0, 0.1) is 11.8 Å². The van der Waals surface area contributed by atoms with Crippen LogP contribution < -0.4 is 4.72 Å². The summed E-state index contributed by atoms with van der Waals surface area (Å²) in [7, 11) is -2.49. The highest BCUT2D eigenvalue weighted by Crippen LogP contribution is 2.47. The second-order valence-corrected chi connectivity index (χ2v) is 8.12. The molecule has 2 aromatic rings. The number of hydrogen-bond donors (Lipinski definition) is 1. The molecule has 1 fully saturated rings. The van der Waals surface area contributed by atoms with Crippen LogP contribution in [-0.4, -0.2) is 21.5 Å². The summed E-state index contributed by atoms with van der Waals surface area (Å²) in [5.41, 5.74) is 1.16. The van der Waals surface area contributed by atoms with Gasteiger partial charge in [-0.25, -0.2) is 17.9 Å². The van der Waals surface area contributed by atoms with E-state index in [0.29, 0.717) is 5.92 Å². The summed E-state index contributed by atoms with van der Waals surface area (Å²) in [5, 5.41) is 0. The molecule has 0 spiro atoms. The van der Waals surface area contributed by atoms with Gasteiger partial charge in [0.15, 0.2) is 0 Å². The summed E-state index contributed by atoms with van der Waals surface area (Å²) in [4.78, 5) is 11.7. The predicted molar refractivity (Wildman–Crippen MR) is 94.6 cm³/mol. The molecule has 0 radical (unpaired) electrons. The van der Waals surface area contributed by atoms with E-state index in [9.17, 15) is 13.2 Å². The average molecular weight is 359 g/mol. The van der Waals surface area contributed by atoms with E-state index in [1.807, 2.05) is 30.3 Å². The van der Waals surface area contributed by atoms with Crippen molar-refractivity contribution in [3.05, 3.63) is 65.7 Å². The second kappa shape index (κ2) is 6.98. The summed E-state index contributed by atoms with van der Waals surface area (Å²) in [6, 6.07) is 15.2. The fourth-order valence-electron chi connectivity index (χ4n) is 3.02. The van der Waals surface area contributed by atoms with Gasteiger partial charge >= 0.3 is 5.97 Å². The first kappa shape index (κ1) is 17.6. The highest BCUT2D eigenvalue weighted by Gasteiger charge is 2.42. The van der Waals surface area contributed by atoms with Crippen molar-refractivity contribution in [3.8, 4) is 0 Å². The van der Waals surface area contributed by atoms with Crippen LogP contribution in [0.3, 0.4) is 0 Å². The first-order valence-electron chi connectivity index (χ1n) is 8.18. The fraction of sp³-hybridized carbons (Fsp3) is 0.316. The Balaban J connectivity index is 1.90. The highest BCUT2D eigenvalue weighted by atomic mass is 32.2. The molecule has 1 aliphatic rings. The van der Waals surface area contributed by atoms with Gasteiger partial charge in [-0.15, -0.1) is 0 Å². The third kappa shape index (κ3) is 3.91. The summed E-state index contributed by atoms with van der Waals surface area (Å²) in [6.45, 7) is 2.12. The summed E-state index contributed by atoms with van der Waals surface area (Å²) < 4.78 is 33.2. The van der Waals surface area contributed by atoms with E-state index >= 15 is 0 Å². The van der Waals surface area contributed by atoms with E-state index in [1.165, 1.54) is 31.4 Å². The van der Waals surface area contributed by atoms with Gasteiger partial charge in [0.25, 0.3) is 0 Å². The van der Waals surface area contributed by atoms with Crippen molar-refractivity contribution in [2.45, 2.75) is 24.3 Å². The van der Waals surface area contributed by atoms with Crippen molar-refractivity contribution in [3.63, 3.8) is 0 Å². The zero-order chi connectivity index (χ0) is 18.0. The maximum absolute atomic E-state index is 12.9. The molecule has 1 aliphatic carbocycles. The Hall–Kier alpha value is -2.18. The van der Waals surface area contributed by atoms with Crippen molar-refractivity contribution < 1.29 is 17.9 Å². The number of nitrogens with one attached hydrogen (secondary N) is 1. The van der Waals surface area contributed by atoms with Crippen LogP contribution in [0.25, 0.3) is 0 Å². The molecule has 1 saturated carbocycles. The SMILES string of the molecule is COC(=O)c1cccc(S(=O)(=O)NC(c2ccccc2)C2CC2C)c1. The number of carbonyl (C=O) groups is 1. The number of hydrogen-bond acceptors (Lipinski definition) is 4. The maximum Gasteiger partial charge on any atom is 0.337 e. The minimum absolute atomic E-state index is 0.0598. The number of carbonyl (C=O) groups excluding carboxylic acids is 1. The maximum atomic E-state index is 12.9. The minimum atomic E-state index is -3.76. The molecular formula is C19H21NO4S. The molecular weight excluding hydrogens is 338 g/mol. The normalized spacial score (nSPS) is 20.7. The molecule has 0 aromatic heterocycles. The molecule has 0 bridgehead atoms. The average Bonchev–Trinajstić information content (AvgIpc) is 3.36. The van der Waals surface area contributed by atoms with Crippen LogP contribution in [0.15, 0.2) is 59.5 Å². The Morgan fingerprint density at radius 2 is 1.84 bits per heavy atom. The molecule has 132 valence electrons. The van der Waals surface area contributed by atoms with Gasteiger partial charge in [0.2, 0.25) is 10.0 Å². The van der Waals surface area contributed by atoms with Crippen molar-refractivity contribution in [2.75, 3.05) is 7.11 Å². The van der Waals surface area contributed by atoms with Gasteiger partial charge in [-0.05, 0) is 42.0 Å². The summed E-state index contributed by atoms with van der Waals surface area (Å²) in [6.07, 6.45) is 0.990. The lowest BCUT2D eigenvalue weighted by Gasteiger charge is -2.19. The molecule has 3 atom stereocenters. The van der Waals surface area contributed by atoms with E-state index in [0.717, 1.165) is 12.0 Å². The molecule has 0 amide bonds. The van der Waals surface area contributed by atoms with E-state index in [1.54, 1.807) is 0 Å². The van der Waals surface area contributed by atoms with Gasteiger partial charge in [0, 0.05) is 0 Å². The number of benzene rings is 2. The Morgan fingerprint density at radius 3 is 2.44 bits per heavy atom. The highest BCUT2D eigenvalue weighted by molar-refractivity contribution is 7.89. The largest absolute Gasteiger partial charge is 0.465 e. The van der Waals surface area contributed by atoms with Crippen LogP contribution in [0.4, 0.5) is 0 Å². The smallest absolute Gasteiger partial charge is 0.337 e. The summed E-state index contributed by atoms with van der Waals surface area (Å²) in [5.74, 6) is 0.197. The minimum Gasteiger partial charge on any atom is -0.465 e. The van der Waals surface area contributed by atoms with Crippen LogP contribution in [0.2, 0.25) is 0 Å². The molecule has 0 heterocycles. The third-order valence-electron chi connectivity index (χ3n) is 4.61. The lowest BCUT2D eigenvalue weighted by molar-refractivity contribution is 0.0600. The van der Waals surface area contributed by atoms with Gasteiger partial charge in [-0.2, -0.15) is 0 Å².